The van der Waals surface area contributed by atoms with E-state index >= 15 is 0 Å². The molecule has 7 nitrogen and oxygen atoms in total. The van der Waals surface area contributed by atoms with Gasteiger partial charge in [-0.15, -0.1) is 23.4 Å². The molecule has 11 heteroatoms. The van der Waals surface area contributed by atoms with Crippen LogP contribution in [0.3, 0.4) is 0 Å². The summed E-state index contributed by atoms with van der Waals surface area (Å²) in [4.78, 5) is 6.46. The molecule has 188 valence electrons. The molecule has 5 rings (SSSR count). The molecule has 37 heavy (non-hydrogen) atoms. The van der Waals surface area contributed by atoms with Crippen LogP contribution in [0.2, 0.25) is 0 Å². The summed E-state index contributed by atoms with van der Waals surface area (Å²) in [5, 5.41) is 13.9. The Balaban J connectivity index is 1.23. The molecule has 0 aliphatic carbocycles. The Morgan fingerprint density at radius 3 is 2.46 bits per heavy atom. The monoisotopic (exact) mass is 522 g/mol. The molecule has 2 heterocycles. The second kappa shape index (κ2) is 10.5. The van der Waals surface area contributed by atoms with Gasteiger partial charge in [0.05, 0.1) is 17.8 Å². The molecule has 3 aromatic carbocycles. The maximum atomic E-state index is 12.3. The number of aromatic nitrogens is 3. The molecular formula is C26H21F3N6OS. The summed E-state index contributed by atoms with van der Waals surface area (Å²) in [5.41, 5.74) is 4.66. The predicted octanol–water partition coefficient (Wildman–Crippen LogP) is 6.30. The first-order valence-electron chi connectivity index (χ1n) is 11.4. The topological polar surface area (TPSA) is 67.9 Å². The largest absolute Gasteiger partial charge is 0.573 e. The van der Waals surface area contributed by atoms with Gasteiger partial charge >= 0.3 is 6.36 Å². The van der Waals surface area contributed by atoms with Crippen LogP contribution in [0, 0.1) is 0 Å². The highest BCUT2D eigenvalue weighted by atomic mass is 32.2. The minimum absolute atomic E-state index is 0.298. The number of para-hydroxylation sites is 1. The van der Waals surface area contributed by atoms with E-state index in [-0.39, 0.29) is 5.75 Å². The molecular weight excluding hydrogens is 501 g/mol. The number of hydrogen-bond donors (Lipinski definition) is 0. The van der Waals surface area contributed by atoms with Crippen molar-refractivity contribution in [1.82, 2.24) is 14.8 Å². The zero-order valence-corrected chi connectivity index (χ0v) is 20.4. The van der Waals surface area contributed by atoms with Gasteiger partial charge in [0.15, 0.2) is 11.0 Å². The normalized spacial score (nSPS) is 14.8. The van der Waals surface area contributed by atoms with Gasteiger partial charge < -0.3 is 9.64 Å². The summed E-state index contributed by atoms with van der Waals surface area (Å²) in [5.74, 6) is 1.04. The zero-order valence-electron chi connectivity index (χ0n) is 19.6. The fourth-order valence-corrected chi connectivity index (χ4v) is 4.41. The van der Waals surface area contributed by atoms with Crippen LogP contribution < -0.4 is 9.64 Å². The van der Waals surface area contributed by atoms with Crippen molar-refractivity contribution < 1.29 is 17.9 Å². The third-order valence-corrected chi connectivity index (χ3v) is 6.51. The molecule has 1 fully saturated rings. The summed E-state index contributed by atoms with van der Waals surface area (Å²) in [6, 6.07) is 21.2. The van der Waals surface area contributed by atoms with Crippen molar-refractivity contribution in [3.63, 3.8) is 0 Å². The van der Waals surface area contributed by atoms with Crippen LogP contribution in [0.4, 0.5) is 18.9 Å². The number of ether oxygens (including phenoxy) is 1. The fourth-order valence-electron chi connectivity index (χ4n) is 3.70. The van der Waals surface area contributed by atoms with Crippen LogP contribution in [0.5, 0.6) is 5.75 Å². The maximum Gasteiger partial charge on any atom is 0.573 e. The van der Waals surface area contributed by atoms with Crippen LogP contribution in [0.1, 0.15) is 18.1 Å². The molecule has 0 amide bonds. The van der Waals surface area contributed by atoms with Crippen LogP contribution in [-0.4, -0.2) is 38.4 Å². The van der Waals surface area contributed by atoms with Gasteiger partial charge in [-0.1, -0.05) is 61.2 Å². The van der Waals surface area contributed by atoms with E-state index in [2.05, 4.69) is 49.0 Å². The van der Waals surface area contributed by atoms with E-state index in [1.54, 1.807) is 18.0 Å². The van der Waals surface area contributed by atoms with Gasteiger partial charge in [-0.05, 0) is 47.9 Å². The number of hydrogen-bond acceptors (Lipinski definition) is 6. The summed E-state index contributed by atoms with van der Waals surface area (Å²) in [6.07, 6.45) is -0.588. The first-order chi connectivity index (χ1) is 17.9. The molecule has 0 radical (unpaired) electrons. The Hall–Kier alpha value is -4.12. The third-order valence-electron chi connectivity index (χ3n) is 5.56. The second-order valence-corrected chi connectivity index (χ2v) is 8.90. The van der Waals surface area contributed by atoms with Crippen molar-refractivity contribution in [2.45, 2.75) is 19.7 Å². The number of aryl methyl sites for hydroxylation is 1. The number of rotatable bonds is 7. The lowest BCUT2D eigenvalue weighted by molar-refractivity contribution is -0.274. The Labute approximate surface area is 215 Å². The van der Waals surface area contributed by atoms with E-state index in [1.807, 2.05) is 36.4 Å². The molecule has 4 aromatic rings. The molecule has 0 unspecified atom stereocenters. The Morgan fingerprint density at radius 1 is 1.03 bits per heavy atom. The molecule has 0 N–H and O–H groups in total. The lowest BCUT2D eigenvalue weighted by Gasteiger charge is -2.34. The van der Waals surface area contributed by atoms with Crippen LogP contribution >= 0.6 is 11.8 Å². The second-order valence-electron chi connectivity index (χ2n) is 7.99. The van der Waals surface area contributed by atoms with E-state index in [1.165, 1.54) is 46.5 Å². The number of alkyl halides is 3. The molecule has 1 aliphatic rings. The van der Waals surface area contributed by atoms with Crippen molar-refractivity contribution in [3.05, 3.63) is 90.3 Å². The van der Waals surface area contributed by atoms with Crippen molar-refractivity contribution in [2.24, 2.45) is 10.2 Å². The molecule has 0 saturated carbocycles. The van der Waals surface area contributed by atoms with E-state index in [9.17, 15) is 13.2 Å². The zero-order chi connectivity index (χ0) is 25.8. The van der Waals surface area contributed by atoms with E-state index in [0.717, 1.165) is 28.6 Å². The number of halogens is 3. The van der Waals surface area contributed by atoms with E-state index in [4.69, 9.17) is 0 Å². The molecule has 1 saturated heterocycles. The Bertz CT molecular complexity index is 1430. The van der Waals surface area contributed by atoms with E-state index < -0.39 is 6.36 Å². The standard InChI is InChI=1S/C26H21F3N6OS/c1-2-19-5-3-4-6-23(19)34-17-37-25(34)32-31-15-18-7-9-20(10-8-18)24-30-16-35(33-24)21-11-13-22(14-12-21)36-26(27,28)29/h3-16H,2,17H2,1H3/b31-15+,32-25-. The first kappa shape index (κ1) is 24.6. The number of nitrogens with zero attached hydrogens (tertiary/aromatic N) is 6. The predicted molar refractivity (Wildman–Crippen MR) is 139 cm³/mol. The number of thioether (sulfide) groups is 1. The van der Waals surface area contributed by atoms with Crippen LogP contribution in [-0.2, 0) is 6.42 Å². The number of anilines is 1. The Kier molecular flexibility index (Phi) is 6.95. The highest BCUT2D eigenvalue weighted by Gasteiger charge is 2.31. The SMILES string of the molecule is CCc1ccccc1N1CS/C1=N\N=C\c1ccc(-c2ncn(-c3ccc(OC(F)(F)F)cc3)n2)cc1. The van der Waals surface area contributed by atoms with Gasteiger partial charge in [0.25, 0.3) is 0 Å². The van der Waals surface area contributed by atoms with Crippen molar-refractivity contribution in [2.75, 3.05) is 10.8 Å². The summed E-state index contributed by atoms with van der Waals surface area (Å²) < 4.78 is 42.4. The smallest absolute Gasteiger partial charge is 0.406 e. The highest BCUT2D eigenvalue weighted by Crippen LogP contribution is 2.33. The van der Waals surface area contributed by atoms with Crippen LogP contribution in [0.25, 0.3) is 17.1 Å². The highest BCUT2D eigenvalue weighted by molar-refractivity contribution is 8.16. The van der Waals surface area contributed by atoms with Crippen molar-refractivity contribution >= 4 is 28.8 Å². The summed E-state index contributed by atoms with van der Waals surface area (Å²) >= 11 is 1.65. The molecule has 0 spiro atoms. The lowest BCUT2D eigenvalue weighted by atomic mass is 10.1. The van der Waals surface area contributed by atoms with Crippen molar-refractivity contribution in [3.8, 4) is 22.8 Å². The lowest BCUT2D eigenvalue weighted by Crippen LogP contribution is -2.38. The summed E-state index contributed by atoms with van der Waals surface area (Å²) in [7, 11) is 0. The number of benzene rings is 3. The van der Waals surface area contributed by atoms with Crippen molar-refractivity contribution in [1.29, 1.82) is 0 Å². The third kappa shape index (κ3) is 5.83. The minimum Gasteiger partial charge on any atom is -0.406 e. The molecule has 0 atom stereocenters. The van der Waals surface area contributed by atoms with Gasteiger partial charge in [-0.3, -0.25) is 0 Å². The quantitative estimate of drug-likeness (QED) is 0.211. The van der Waals surface area contributed by atoms with E-state index in [0.29, 0.717) is 11.5 Å². The first-order valence-corrected chi connectivity index (χ1v) is 12.4. The summed E-state index contributed by atoms with van der Waals surface area (Å²) in [6.45, 7) is 2.14. The van der Waals surface area contributed by atoms with Crippen LogP contribution in [0.15, 0.2) is 89.3 Å². The number of amidine groups is 1. The molecule has 1 aliphatic heterocycles. The Morgan fingerprint density at radius 2 is 1.78 bits per heavy atom. The maximum absolute atomic E-state index is 12.3. The fraction of sp³-hybridized carbons (Fsp3) is 0.154. The molecule has 0 bridgehead atoms. The van der Waals surface area contributed by atoms with Gasteiger partial charge in [-0.25, -0.2) is 9.67 Å². The van der Waals surface area contributed by atoms with Gasteiger partial charge in [0.1, 0.15) is 12.1 Å². The average Bonchev–Trinajstić information content (AvgIpc) is 3.36. The minimum atomic E-state index is -4.73. The van der Waals surface area contributed by atoms with Gasteiger partial charge in [0, 0.05) is 11.3 Å². The average molecular weight is 523 g/mol. The molecule has 1 aromatic heterocycles. The van der Waals surface area contributed by atoms with Gasteiger partial charge in [-0.2, -0.15) is 5.10 Å². The van der Waals surface area contributed by atoms with Gasteiger partial charge in [0.2, 0.25) is 0 Å².